The minimum atomic E-state index is -3.71. The van der Waals surface area contributed by atoms with Crippen molar-refractivity contribution in [3.63, 3.8) is 0 Å². The minimum Gasteiger partial charge on any atom is -0.346 e. The van der Waals surface area contributed by atoms with Gasteiger partial charge in [0.15, 0.2) is 5.11 Å². The van der Waals surface area contributed by atoms with Crippen LogP contribution in [-0.4, -0.2) is 48.9 Å². The van der Waals surface area contributed by atoms with E-state index >= 15 is 0 Å². The highest BCUT2D eigenvalue weighted by Crippen LogP contribution is 2.20. The second-order valence-electron chi connectivity index (χ2n) is 5.79. The van der Waals surface area contributed by atoms with E-state index in [4.69, 9.17) is 23.8 Å². The van der Waals surface area contributed by atoms with Crippen LogP contribution in [0, 0.1) is 5.82 Å². The molecule has 5 nitrogen and oxygen atoms in total. The standard InChI is InChI=1S/C17H17ClFN3O2S2/c18-13-3-1-5-15(11-13)20-17(25)21-7-9-22(10-8-21)26(23,24)16-6-2-4-14(19)12-16/h1-6,11-12H,7-10H2,(H,20,25). The maximum Gasteiger partial charge on any atom is 0.243 e. The van der Waals surface area contributed by atoms with Crippen LogP contribution in [0.4, 0.5) is 10.1 Å². The topological polar surface area (TPSA) is 52.7 Å². The second kappa shape index (κ2) is 7.87. The molecule has 2 aromatic carbocycles. The van der Waals surface area contributed by atoms with Crippen LogP contribution in [0.2, 0.25) is 5.02 Å². The Bertz CT molecular complexity index is 916. The lowest BCUT2D eigenvalue weighted by Gasteiger charge is -2.35. The van der Waals surface area contributed by atoms with Crippen molar-refractivity contribution in [2.45, 2.75) is 4.90 Å². The summed E-state index contributed by atoms with van der Waals surface area (Å²) in [5, 5.41) is 4.21. The quantitative estimate of drug-likeness (QED) is 0.783. The predicted octanol–water partition coefficient (Wildman–Crippen LogP) is 3.18. The summed E-state index contributed by atoms with van der Waals surface area (Å²) >= 11 is 11.4. The average molecular weight is 414 g/mol. The first-order valence-corrected chi connectivity index (χ1v) is 10.2. The Kier molecular flexibility index (Phi) is 5.76. The number of hydrogen-bond acceptors (Lipinski definition) is 3. The molecule has 1 saturated heterocycles. The van der Waals surface area contributed by atoms with Gasteiger partial charge >= 0.3 is 0 Å². The Morgan fingerprint density at radius 2 is 1.77 bits per heavy atom. The Labute approximate surface area is 162 Å². The minimum absolute atomic E-state index is 0.0365. The van der Waals surface area contributed by atoms with Crippen molar-refractivity contribution in [1.29, 1.82) is 0 Å². The molecule has 0 aromatic heterocycles. The van der Waals surface area contributed by atoms with Gasteiger partial charge in [-0.05, 0) is 48.6 Å². The number of halogens is 2. The Morgan fingerprint density at radius 1 is 1.08 bits per heavy atom. The fraction of sp³-hybridized carbons (Fsp3) is 0.235. The van der Waals surface area contributed by atoms with Gasteiger partial charge in [0.1, 0.15) is 5.82 Å². The largest absolute Gasteiger partial charge is 0.346 e. The third kappa shape index (κ3) is 4.32. The molecule has 0 spiro atoms. The SMILES string of the molecule is O=S(=O)(c1cccc(F)c1)N1CCN(C(=S)Nc2cccc(Cl)c2)CC1. The summed E-state index contributed by atoms with van der Waals surface area (Å²) in [5.74, 6) is -0.573. The van der Waals surface area contributed by atoms with E-state index in [9.17, 15) is 12.8 Å². The maximum atomic E-state index is 13.3. The van der Waals surface area contributed by atoms with Crippen molar-refractivity contribution in [3.05, 3.63) is 59.4 Å². The van der Waals surface area contributed by atoms with Gasteiger partial charge < -0.3 is 10.2 Å². The number of anilines is 1. The summed E-state index contributed by atoms with van der Waals surface area (Å²) in [6.45, 7) is 1.44. The maximum absolute atomic E-state index is 13.3. The van der Waals surface area contributed by atoms with Crippen LogP contribution in [-0.2, 0) is 10.0 Å². The molecule has 1 N–H and O–H groups in total. The van der Waals surface area contributed by atoms with Crippen LogP contribution in [0.3, 0.4) is 0 Å². The van der Waals surface area contributed by atoms with E-state index in [2.05, 4.69) is 5.32 Å². The van der Waals surface area contributed by atoms with E-state index in [0.717, 1.165) is 11.8 Å². The van der Waals surface area contributed by atoms with Crippen LogP contribution in [0.5, 0.6) is 0 Å². The fourth-order valence-corrected chi connectivity index (χ4v) is 4.62. The normalized spacial score (nSPS) is 15.7. The van der Waals surface area contributed by atoms with E-state index < -0.39 is 15.8 Å². The monoisotopic (exact) mass is 413 g/mol. The van der Waals surface area contributed by atoms with E-state index in [0.29, 0.717) is 23.2 Å². The molecule has 1 aliphatic rings. The van der Waals surface area contributed by atoms with Gasteiger partial charge in [-0.15, -0.1) is 0 Å². The van der Waals surface area contributed by atoms with Gasteiger partial charge in [0.05, 0.1) is 4.90 Å². The highest BCUT2D eigenvalue weighted by atomic mass is 35.5. The van der Waals surface area contributed by atoms with Crippen LogP contribution >= 0.6 is 23.8 Å². The van der Waals surface area contributed by atoms with Gasteiger partial charge in [0.2, 0.25) is 10.0 Å². The third-order valence-electron chi connectivity index (χ3n) is 4.04. The number of thiocarbonyl (C=S) groups is 1. The van der Waals surface area contributed by atoms with Gasteiger partial charge in [0.25, 0.3) is 0 Å². The molecule has 1 fully saturated rings. The first-order chi connectivity index (χ1) is 12.4. The summed E-state index contributed by atoms with van der Waals surface area (Å²) in [6, 6.07) is 12.2. The number of rotatable bonds is 3. The summed E-state index contributed by atoms with van der Waals surface area (Å²) in [7, 11) is -3.71. The number of hydrogen-bond donors (Lipinski definition) is 1. The zero-order chi connectivity index (χ0) is 18.7. The summed E-state index contributed by atoms with van der Waals surface area (Å²) in [5.41, 5.74) is 0.775. The zero-order valence-corrected chi connectivity index (χ0v) is 16.1. The molecule has 0 unspecified atom stereocenters. The van der Waals surface area contributed by atoms with Crippen LogP contribution < -0.4 is 5.32 Å². The van der Waals surface area contributed by atoms with Gasteiger partial charge in [-0.3, -0.25) is 0 Å². The molecule has 26 heavy (non-hydrogen) atoms. The lowest BCUT2D eigenvalue weighted by atomic mass is 10.3. The molecular weight excluding hydrogens is 397 g/mol. The molecule has 1 heterocycles. The van der Waals surface area contributed by atoms with Crippen molar-refractivity contribution in [1.82, 2.24) is 9.21 Å². The summed E-state index contributed by atoms with van der Waals surface area (Å²) in [6.07, 6.45) is 0. The third-order valence-corrected chi connectivity index (χ3v) is 6.53. The summed E-state index contributed by atoms with van der Waals surface area (Å²) < 4.78 is 39.9. The number of benzene rings is 2. The second-order valence-corrected chi connectivity index (χ2v) is 8.55. The lowest BCUT2D eigenvalue weighted by Crippen LogP contribution is -2.51. The first-order valence-electron chi connectivity index (χ1n) is 7.93. The Balaban J connectivity index is 1.62. The van der Waals surface area contributed by atoms with Crippen molar-refractivity contribution >= 4 is 44.6 Å². The first kappa shape index (κ1) is 19.0. The molecule has 138 valence electrons. The highest BCUT2D eigenvalue weighted by molar-refractivity contribution is 7.89. The van der Waals surface area contributed by atoms with Gasteiger partial charge in [0, 0.05) is 36.9 Å². The number of nitrogens with zero attached hydrogens (tertiary/aromatic N) is 2. The lowest BCUT2D eigenvalue weighted by molar-refractivity contribution is 0.268. The molecule has 0 aliphatic carbocycles. The van der Waals surface area contributed by atoms with E-state index in [1.54, 1.807) is 12.1 Å². The predicted molar refractivity (Wildman–Crippen MR) is 104 cm³/mol. The van der Waals surface area contributed by atoms with Crippen LogP contribution in [0.25, 0.3) is 0 Å². The van der Waals surface area contributed by atoms with Crippen molar-refractivity contribution in [2.24, 2.45) is 0 Å². The zero-order valence-electron chi connectivity index (χ0n) is 13.7. The molecule has 0 amide bonds. The summed E-state index contributed by atoms with van der Waals surface area (Å²) in [4.78, 5) is 1.86. The van der Waals surface area contributed by atoms with Crippen molar-refractivity contribution in [2.75, 3.05) is 31.5 Å². The molecule has 3 rings (SSSR count). The molecule has 0 saturated carbocycles. The fourth-order valence-electron chi connectivity index (χ4n) is 2.68. The Morgan fingerprint density at radius 3 is 2.42 bits per heavy atom. The van der Waals surface area contributed by atoms with Gasteiger partial charge in [-0.2, -0.15) is 4.31 Å². The molecule has 0 bridgehead atoms. The molecule has 9 heteroatoms. The molecular formula is C17H17ClFN3O2S2. The highest BCUT2D eigenvalue weighted by Gasteiger charge is 2.29. The average Bonchev–Trinajstić information content (AvgIpc) is 2.62. The number of sulfonamides is 1. The van der Waals surface area contributed by atoms with Gasteiger partial charge in [-0.1, -0.05) is 23.7 Å². The Hall–Kier alpha value is -1.74. The molecule has 0 radical (unpaired) electrons. The molecule has 1 aliphatic heterocycles. The molecule has 2 aromatic rings. The molecule has 0 atom stereocenters. The van der Waals surface area contributed by atoms with E-state index in [-0.39, 0.29) is 18.0 Å². The van der Waals surface area contributed by atoms with Crippen LogP contribution in [0.1, 0.15) is 0 Å². The smallest absolute Gasteiger partial charge is 0.243 e. The van der Waals surface area contributed by atoms with Crippen LogP contribution in [0.15, 0.2) is 53.4 Å². The van der Waals surface area contributed by atoms with E-state index in [1.165, 1.54) is 22.5 Å². The van der Waals surface area contributed by atoms with Gasteiger partial charge in [-0.25, -0.2) is 12.8 Å². The number of nitrogens with one attached hydrogen (secondary N) is 1. The van der Waals surface area contributed by atoms with Crippen molar-refractivity contribution < 1.29 is 12.8 Å². The number of piperazine rings is 1. The van der Waals surface area contributed by atoms with Crippen molar-refractivity contribution in [3.8, 4) is 0 Å². The van der Waals surface area contributed by atoms with E-state index in [1.807, 2.05) is 17.0 Å².